The van der Waals surface area contributed by atoms with Gasteiger partial charge in [0.1, 0.15) is 5.75 Å². The molecule has 9 N–H and O–H groups in total. The van der Waals surface area contributed by atoms with Gasteiger partial charge < -0.3 is 42.1 Å². The average molecular weight is 988 g/mol. The Morgan fingerprint density at radius 1 is 0.729 bits per heavy atom. The fraction of sp³-hybridized carbons (Fsp3) is 0.490. The van der Waals surface area contributed by atoms with E-state index in [1.165, 1.54) is 0 Å². The van der Waals surface area contributed by atoms with E-state index in [0.29, 0.717) is 63.3 Å². The van der Waals surface area contributed by atoms with Gasteiger partial charge in [0.05, 0.1) is 30.7 Å². The lowest BCUT2D eigenvalue weighted by molar-refractivity contribution is -0.140. The molecule has 0 bridgehead atoms. The van der Waals surface area contributed by atoms with E-state index >= 15 is 0 Å². The summed E-state index contributed by atoms with van der Waals surface area (Å²) in [5.74, 6) is -6.06. The second kappa shape index (κ2) is 28.4. The number of nitrogens with one attached hydrogen (secondary N) is 3. The monoisotopic (exact) mass is 987 g/mol. The maximum absolute atomic E-state index is 13.8. The number of aliphatic carboxylic acids is 3. The lowest BCUT2D eigenvalue weighted by atomic mass is 9.87. The number of anilines is 1. The highest BCUT2D eigenvalue weighted by molar-refractivity contribution is 7.80. The maximum Gasteiger partial charge on any atom is 0.317 e. The first-order valence-electron chi connectivity index (χ1n) is 23.8. The number of hydrogen-bond donors (Lipinski definition) is 8. The van der Waals surface area contributed by atoms with Gasteiger partial charge in [-0.05, 0) is 78.1 Å². The average Bonchev–Trinajstić information content (AvgIpc) is 3.37. The highest BCUT2D eigenvalue weighted by Crippen LogP contribution is 2.21. The summed E-state index contributed by atoms with van der Waals surface area (Å²) >= 11 is 5.67. The van der Waals surface area contributed by atoms with Gasteiger partial charge in [0, 0.05) is 82.1 Å². The van der Waals surface area contributed by atoms with E-state index in [4.69, 9.17) is 18.0 Å². The van der Waals surface area contributed by atoms with Crippen molar-refractivity contribution in [2.75, 3.05) is 57.7 Å². The summed E-state index contributed by atoms with van der Waals surface area (Å²) in [4.78, 5) is 93.2. The van der Waals surface area contributed by atoms with Crippen LogP contribution in [0.15, 0.2) is 72.8 Å². The normalized spacial score (nSPS) is 16.5. The minimum Gasteiger partial charge on any atom is -0.508 e. The van der Waals surface area contributed by atoms with Crippen LogP contribution in [-0.4, -0.2) is 146 Å². The molecule has 19 heteroatoms. The van der Waals surface area contributed by atoms with E-state index in [1.54, 1.807) is 45.9 Å². The zero-order valence-corrected chi connectivity index (χ0v) is 41.1. The molecule has 1 heterocycles. The first kappa shape index (κ1) is 56.3. The molecule has 18 nitrogen and oxygen atoms in total. The summed E-state index contributed by atoms with van der Waals surface area (Å²) in [6, 6.07) is 20.7. The van der Waals surface area contributed by atoms with E-state index in [2.05, 4.69) is 16.0 Å². The Hall–Kier alpha value is -6.28. The van der Waals surface area contributed by atoms with E-state index in [9.17, 15) is 54.0 Å². The van der Waals surface area contributed by atoms with Crippen LogP contribution in [0.1, 0.15) is 75.1 Å². The number of primary amides is 1. The van der Waals surface area contributed by atoms with Crippen LogP contribution >= 0.6 is 12.2 Å². The number of carboxylic acids is 3. The number of carboxylic acid groups (broad SMARTS) is 3. The zero-order valence-electron chi connectivity index (χ0n) is 40.3. The maximum atomic E-state index is 13.8. The Balaban J connectivity index is 1.30. The van der Waals surface area contributed by atoms with E-state index in [-0.39, 0.29) is 81.4 Å². The molecule has 0 radical (unpaired) electrons. The number of nitrogens with two attached hydrogens (primary N) is 1. The Labute approximate surface area is 415 Å². The number of aryl methyl sites for hydroxylation is 1. The second-order valence-electron chi connectivity index (χ2n) is 18.3. The Morgan fingerprint density at radius 2 is 1.30 bits per heavy atom. The van der Waals surface area contributed by atoms with Gasteiger partial charge in [-0.25, -0.2) is 0 Å². The summed E-state index contributed by atoms with van der Waals surface area (Å²) in [6.45, 7) is 6.53. The number of thiocarbonyl (C=S) groups is 1. The first-order chi connectivity index (χ1) is 33.3. The number of Topliss-reactive ketones (excluding diaryl/α,β-unsaturated/α-hetero) is 1. The van der Waals surface area contributed by atoms with Crippen molar-refractivity contribution in [3.8, 4) is 5.75 Å². The fourth-order valence-corrected chi connectivity index (χ4v) is 8.63. The van der Waals surface area contributed by atoms with Crippen molar-refractivity contribution in [2.24, 2.45) is 23.5 Å². The minimum atomic E-state index is -1.03. The number of carbonyl (C=O) groups is 7. The van der Waals surface area contributed by atoms with E-state index in [0.717, 1.165) is 27.9 Å². The largest absolute Gasteiger partial charge is 0.508 e. The number of amides is 3. The predicted molar refractivity (Wildman–Crippen MR) is 268 cm³/mol. The number of benzene rings is 3. The molecule has 70 heavy (non-hydrogen) atoms. The number of aromatic hydroxyl groups is 1. The van der Waals surface area contributed by atoms with Gasteiger partial charge in [-0.3, -0.25) is 48.3 Å². The van der Waals surface area contributed by atoms with Crippen molar-refractivity contribution < 1.29 is 54.0 Å². The van der Waals surface area contributed by atoms with Gasteiger partial charge in [0.2, 0.25) is 17.7 Å². The molecule has 0 aliphatic carbocycles. The Morgan fingerprint density at radius 3 is 1.91 bits per heavy atom. The van der Waals surface area contributed by atoms with E-state index in [1.807, 2.05) is 62.4 Å². The highest BCUT2D eigenvalue weighted by Gasteiger charge is 2.32. The Bertz CT molecular complexity index is 2240. The van der Waals surface area contributed by atoms with Crippen molar-refractivity contribution >= 4 is 64.3 Å². The topological polar surface area (TPSA) is 272 Å². The van der Waals surface area contributed by atoms with Crippen LogP contribution in [0.25, 0.3) is 0 Å². The summed E-state index contributed by atoms with van der Waals surface area (Å²) in [5.41, 5.74) is 9.81. The molecule has 2 unspecified atom stereocenters. The molecule has 5 atom stereocenters. The van der Waals surface area contributed by atoms with E-state index < -0.39 is 47.6 Å². The third kappa shape index (κ3) is 20.0. The summed E-state index contributed by atoms with van der Waals surface area (Å²) < 4.78 is 0. The van der Waals surface area contributed by atoms with Gasteiger partial charge in [-0.1, -0.05) is 87.9 Å². The lowest BCUT2D eigenvalue weighted by Crippen LogP contribution is -2.49. The lowest BCUT2D eigenvalue weighted by Gasteiger charge is -2.33. The van der Waals surface area contributed by atoms with Crippen LogP contribution < -0.4 is 21.7 Å². The van der Waals surface area contributed by atoms with Crippen LogP contribution in [0.4, 0.5) is 5.69 Å². The molecule has 1 saturated heterocycles. The summed E-state index contributed by atoms with van der Waals surface area (Å²) in [6.07, 6.45) is 2.43. The van der Waals surface area contributed by atoms with Gasteiger partial charge >= 0.3 is 17.9 Å². The van der Waals surface area contributed by atoms with Gasteiger partial charge in [-0.15, -0.1) is 0 Å². The number of phenols is 1. The van der Waals surface area contributed by atoms with Crippen LogP contribution in [-0.2, 0) is 59.4 Å². The standard InChI is InChI=1S/C51H69N7O11S/c1-4-33(2)49(55-50(68)34(3)25-36-11-17-42(59)18-12-36)43(60)27-39(14-19-44(52)61)51(69)53-28-38-7-5-35(6-8-38)13-20-45(70)54-40-15-9-37(10-16-40)26-41-29-57(31-47(64)65)22-21-56(30-46(62)63)23-24-58(41)32-48(66)67/h5-12,15-18,33-34,39,41,49,59H,4,13-14,19-32H2,1-3H3,(H2,52,61)(H,53,69)(H,54,70)(H,55,68)(H,62,63)(H,64,65)(H,66,67)/t33?,34-,39+,41?,49-/m0/s1. The minimum absolute atomic E-state index is 0.0725. The molecular formula is C51H69N7O11S. The van der Waals surface area contributed by atoms with Crippen molar-refractivity contribution in [2.45, 2.75) is 90.8 Å². The number of carbonyl (C=O) groups excluding carboxylic acids is 4. The van der Waals surface area contributed by atoms with Crippen molar-refractivity contribution in [3.05, 3.63) is 95.1 Å². The van der Waals surface area contributed by atoms with Crippen molar-refractivity contribution in [1.82, 2.24) is 25.3 Å². The van der Waals surface area contributed by atoms with Gasteiger partial charge in [0.25, 0.3) is 0 Å². The SMILES string of the molecule is CCC(C)[C@H](NC(=O)[C@@H](C)Cc1ccc(O)cc1)C(=O)C[C@@H](CCC(N)=O)C(=O)NCc1ccc(CCC(=S)Nc2ccc(CC3CN(CC(=O)O)CCN(CC(=O)O)CCN3CC(=O)O)cc2)cc1. The van der Waals surface area contributed by atoms with Gasteiger partial charge in [-0.2, -0.15) is 0 Å². The van der Waals surface area contributed by atoms with Crippen LogP contribution in [0.2, 0.25) is 0 Å². The molecule has 0 aromatic heterocycles. The van der Waals surface area contributed by atoms with Gasteiger partial charge in [0.15, 0.2) is 5.78 Å². The molecule has 0 saturated carbocycles. The molecule has 3 aromatic rings. The third-order valence-electron chi connectivity index (χ3n) is 12.7. The molecular weight excluding hydrogens is 919 g/mol. The third-order valence-corrected chi connectivity index (χ3v) is 13.0. The molecule has 1 aliphatic rings. The highest BCUT2D eigenvalue weighted by atomic mass is 32.1. The summed E-state index contributed by atoms with van der Waals surface area (Å²) in [5, 5.41) is 47.4. The molecule has 1 fully saturated rings. The van der Waals surface area contributed by atoms with Crippen LogP contribution in [0.3, 0.4) is 0 Å². The summed E-state index contributed by atoms with van der Waals surface area (Å²) in [7, 11) is 0. The number of phenolic OH excluding ortho intramolecular Hbond substituents is 1. The molecule has 1 aliphatic heterocycles. The number of nitrogens with zero attached hydrogens (tertiary/aromatic N) is 3. The fourth-order valence-electron chi connectivity index (χ4n) is 8.41. The van der Waals surface area contributed by atoms with Crippen LogP contribution in [0, 0.1) is 17.8 Å². The van der Waals surface area contributed by atoms with Crippen LogP contribution in [0.5, 0.6) is 5.75 Å². The first-order valence-corrected chi connectivity index (χ1v) is 24.2. The number of ketones is 1. The van der Waals surface area contributed by atoms with Crippen molar-refractivity contribution in [3.63, 3.8) is 0 Å². The predicted octanol–water partition coefficient (Wildman–Crippen LogP) is 3.72. The number of hydrogen-bond acceptors (Lipinski definition) is 12. The Kier molecular flexibility index (Phi) is 22.8. The zero-order chi connectivity index (χ0) is 51.3. The van der Waals surface area contributed by atoms with Crippen molar-refractivity contribution in [1.29, 1.82) is 0 Å². The molecule has 3 aromatic carbocycles. The molecule has 4 rings (SSSR count). The molecule has 0 spiro atoms. The number of rotatable bonds is 27. The second-order valence-corrected chi connectivity index (χ2v) is 18.8. The smallest absolute Gasteiger partial charge is 0.317 e. The molecule has 3 amide bonds. The molecule has 380 valence electrons. The quantitative estimate of drug-likeness (QED) is 0.0506.